The molecule has 11 nitrogen and oxygen atoms in total. The first-order valence-electron chi connectivity index (χ1n) is 15.8. The number of nitrogens with one attached hydrogen (secondary N) is 3. The lowest BCUT2D eigenvalue weighted by molar-refractivity contribution is 0.472. The van der Waals surface area contributed by atoms with Gasteiger partial charge in [0.2, 0.25) is 0 Å². The topological polar surface area (TPSA) is 170 Å². The zero-order chi connectivity index (χ0) is 36.3. The molecule has 0 heterocycles. The molecule has 13 heteroatoms. The minimum Gasteiger partial charge on any atom is -0.505 e. The van der Waals surface area contributed by atoms with Gasteiger partial charge >= 0.3 is 0 Å². The Labute approximate surface area is 296 Å². The number of hydrogen-bond donors (Lipinski definition) is 5. The fourth-order valence-corrected chi connectivity index (χ4v) is 7.44. The van der Waals surface area contributed by atoms with Crippen LogP contribution in [0.4, 0.5) is 34.1 Å². The van der Waals surface area contributed by atoms with Crippen molar-refractivity contribution in [2.45, 2.75) is 36.3 Å². The van der Waals surface area contributed by atoms with E-state index in [4.69, 9.17) is 0 Å². The van der Waals surface area contributed by atoms with Gasteiger partial charge in [-0.25, -0.2) is 8.42 Å². The van der Waals surface area contributed by atoms with Crippen LogP contribution >= 0.6 is 0 Å². The summed E-state index contributed by atoms with van der Waals surface area (Å²) in [6.45, 7) is 5.57. The van der Waals surface area contributed by atoms with E-state index in [1.54, 1.807) is 55.5 Å². The number of nitrogens with zero attached hydrogens (tertiary/aromatic N) is 2. The van der Waals surface area contributed by atoms with E-state index in [0.717, 1.165) is 22.4 Å². The number of sulfone groups is 1. The average Bonchev–Trinajstić information content (AvgIpc) is 3.09. The Bertz CT molecular complexity index is 2490. The summed E-state index contributed by atoms with van der Waals surface area (Å²) in [5.74, 6) is -0.535. The number of azo groups is 1. The second kappa shape index (κ2) is 14.2. The predicted molar refractivity (Wildman–Crippen MR) is 201 cm³/mol. The Kier molecular flexibility index (Phi) is 9.79. The monoisotopic (exact) mass is 721 g/mol. The average molecular weight is 722 g/mol. The van der Waals surface area contributed by atoms with Gasteiger partial charge in [0.05, 0.1) is 27.7 Å². The molecule has 0 unspecified atom stereocenters. The molecule has 0 aliphatic carbocycles. The van der Waals surface area contributed by atoms with Crippen molar-refractivity contribution in [3.8, 4) is 5.75 Å². The summed E-state index contributed by atoms with van der Waals surface area (Å²) >= 11 is 0. The molecule has 6 aromatic rings. The highest BCUT2D eigenvalue weighted by atomic mass is 32.2. The number of fused-ring (bicyclic) bond motifs is 1. The maximum absolute atomic E-state index is 12.9. The van der Waals surface area contributed by atoms with Gasteiger partial charge in [-0.3, -0.25) is 4.55 Å². The number of para-hydroxylation sites is 1. The minimum absolute atomic E-state index is 0.0915. The number of benzene rings is 6. The van der Waals surface area contributed by atoms with Crippen molar-refractivity contribution in [3.05, 3.63) is 138 Å². The highest BCUT2D eigenvalue weighted by molar-refractivity contribution is 7.90. The summed E-state index contributed by atoms with van der Waals surface area (Å²) < 4.78 is 60.8. The number of aromatic hydroxyl groups is 1. The maximum Gasteiger partial charge on any atom is 0.296 e. The summed E-state index contributed by atoms with van der Waals surface area (Å²) in [6.07, 6.45) is 0. The molecule has 0 aliphatic rings. The Hall–Kier alpha value is -5.76. The van der Waals surface area contributed by atoms with Gasteiger partial charge in [-0.15, -0.1) is 5.11 Å². The van der Waals surface area contributed by atoms with Crippen molar-refractivity contribution in [1.29, 1.82) is 0 Å². The number of anilines is 4. The highest BCUT2D eigenvalue weighted by Gasteiger charge is 2.22. The first-order valence-corrected chi connectivity index (χ1v) is 18.9. The molecule has 5 N–H and O–H groups in total. The van der Waals surface area contributed by atoms with E-state index >= 15 is 0 Å². The first kappa shape index (κ1) is 35.1. The third-order valence-corrected chi connectivity index (χ3v) is 10.8. The third-order valence-electron chi connectivity index (χ3n) is 8.22. The van der Waals surface area contributed by atoms with Gasteiger partial charge < -0.3 is 21.3 Å². The van der Waals surface area contributed by atoms with Crippen LogP contribution in [0.3, 0.4) is 0 Å². The normalized spacial score (nSPS) is 11.9. The van der Waals surface area contributed by atoms with E-state index in [2.05, 4.69) is 26.4 Å². The van der Waals surface area contributed by atoms with Crippen LogP contribution in [0.1, 0.15) is 22.3 Å². The van der Waals surface area contributed by atoms with E-state index in [-0.39, 0.29) is 16.3 Å². The van der Waals surface area contributed by atoms with Crippen molar-refractivity contribution < 1.29 is 26.5 Å². The zero-order valence-electron chi connectivity index (χ0n) is 27.9. The Morgan fingerprint density at radius 3 is 2.04 bits per heavy atom. The largest absolute Gasteiger partial charge is 0.505 e. The number of phenols is 1. The summed E-state index contributed by atoms with van der Waals surface area (Å²) in [5, 5.41) is 23.4. The quantitative estimate of drug-likeness (QED) is 0.0497. The van der Waals surface area contributed by atoms with Gasteiger partial charge in [-0.05, 0) is 116 Å². The molecule has 0 spiro atoms. The molecular formula is C38H35N5O6S2. The number of hydrazine groups is 1. The standard InChI is InChI=1S/C38H35N5O6S2/c1-24-9-11-27(12-10-24)23-50(45,46)32-16-13-30(14-17-32)40-41-34-19-26(3)35(20-25(34)2)42-43-37-36(51(47,48)49)22-28-21-31(15-18-33(28)38(37)44)39-29-7-5-4-6-8-29/h4-22,39-41,44H,23H2,1-3H3,(H,47,48,49). The van der Waals surface area contributed by atoms with Crippen LogP contribution in [0.25, 0.3) is 10.8 Å². The maximum atomic E-state index is 12.9. The Morgan fingerprint density at radius 1 is 0.667 bits per heavy atom. The fraction of sp³-hybridized carbons (Fsp3) is 0.105. The van der Waals surface area contributed by atoms with Gasteiger partial charge in [0.15, 0.2) is 15.6 Å². The molecule has 0 amide bonds. The van der Waals surface area contributed by atoms with E-state index in [1.165, 1.54) is 6.07 Å². The fourth-order valence-electron chi connectivity index (χ4n) is 5.43. The molecule has 6 rings (SSSR count). The van der Waals surface area contributed by atoms with E-state index < -0.39 is 30.6 Å². The summed E-state index contributed by atoms with van der Waals surface area (Å²) in [7, 11) is -8.32. The van der Waals surface area contributed by atoms with Gasteiger partial charge in [0, 0.05) is 16.8 Å². The van der Waals surface area contributed by atoms with Crippen LogP contribution in [0.5, 0.6) is 5.75 Å². The molecule has 0 saturated carbocycles. The van der Waals surface area contributed by atoms with E-state index in [1.807, 2.05) is 74.5 Å². The van der Waals surface area contributed by atoms with Crippen molar-refractivity contribution in [2.24, 2.45) is 10.2 Å². The van der Waals surface area contributed by atoms with Crippen LogP contribution in [-0.2, 0) is 25.7 Å². The number of rotatable bonds is 11. The van der Waals surface area contributed by atoms with Crippen molar-refractivity contribution >= 4 is 64.9 Å². The summed E-state index contributed by atoms with van der Waals surface area (Å²) in [6, 6.07) is 33.0. The summed E-state index contributed by atoms with van der Waals surface area (Å²) in [4.78, 5) is -0.367. The minimum atomic E-state index is -4.80. The predicted octanol–water partition coefficient (Wildman–Crippen LogP) is 9.29. The smallest absolute Gasteiger partial charge is 0.296 e. The molecular weight excluding hydrogens is 687 g/mol. The molecule has 0 atom stereocenters. The molecule has 51 heavy (non-hydrogen) atoms. The molecule has 0 aliphatic heterocycles. The molecule has 0 fully saturated rings. The molecule has 260 valence electrons. The molecule has 0 bridgehead atoms. The second-order valence-corrected chi connectivity index (χ2v) is 15.5. The zero-order valence-corrected chi connectivity index (χ0v) is 29.5. The third kappa shape index (κ3) is 8.18. The van der Waals surface area contributed by atoms with Crippen molar-refractivity contribution in [2.75, 3.05) is 16.2 Å². The van der Waals surface area contributed by atoms with Crippen LogP contribution in [-0.4, -0.2) is 26.5 Å². The van der Waals surface area contributed by atoms with Crippen LogP contribution in [0.2, 0.25) is 0 Å². The molecule has 0 aromatic heterocycles. The molecule has 6 aromatic carbocycles. The highest BCUT2D eigenvalue weighted by Crippen LogP contribution is 2.42. The lowest BCUT2D eigenvalue weighted by Crippen LogP contribution is -2.10. The second-order valence-electron chi connectivity index (χ2n) is 12.1. The van der Waals surface area contributed by atoms with Crippen LogP contribution < -0.4 is 16.2 Å². The van der Waals surface area contributed by atoms with Gasteiger partial charge in [0.1, 0.15) is 10.6 Å². The van der Waals surface area contributed by atoms with Crippen LogP contribution in [0.15, 0.2) is 135 Å². The van der Waals surface area contributed by atoms with E-state index in [0.29, 0.717) is 39.1 Å². The lowest BCUT2D eigenvalue weighted by Gasteiger charge is -2.14. The lowest BCUT2D eigenvalue weighted by atomic mass is 10.1. The van der Waals surface area contributed by atoms with Crippen molar-refractivity contribution in [3.63, 3.8) is 0 Å². The number of phenolic OH excluding ortho intramolecular Hbond substituents is 1. The Balaban J connectivity index is 1.19. The number of aryl methyl sites for hydroxylation is 3. The Morgan fingerprint density at radius 2 is 1.35 bits per heavy atom. The van der Waals surface area contributed by atoms with E-state index in [9.17, 15) is 26.5 Å². The van der Waals surface area contributed by atoms with Crippen LogP contribution in [0, 0.1) is 20.8 Å². The summed E-state index contributed by atoms with van der Waals surface area (Å²) in [5.41, 5.74) is 12.2. The van der Waals surface area contributed by atoms with Crippen molar-refractivity contribution in [1.82, 2.24) is 0 Å². The van der Waals surface area contributed by atoms with Gasteiger partial charge in [-0.2, -0.15) is 13.5 Å². The number of hydrogen-bond acceptors (Lipinski definition) is 10. The molecule has 0 radical (unpaired) electrons. The first-order chi connectivity index (χ1) is 24.3. The van der Waals surface area contributed by atoms with Gasteiger partial charge in [-0.1, -0.05) is 48.0 Å². The van der Waals surface area contributed by atoms with Gasteiger partial charge in [0.25, 0.3) is 10.1 Å². The molecule has 0 saturated heterocycles. The SMILES string of the molecule is Cc1ccc(CS(=O)(=O)c2ccc(NNc3cc(C)c(N=Nc4c(S(=O)(=O)O)cc5cc(Nc6ccccc6)ccc5c4O)cc3C)cc2)cc1.